The Bertz CT molecular complexity index is 979. The van der Waals surface area contributed by atoms with Gasteiger partial charge in [0.15, 0.2) is 0 Å². The van der Waals surface area contributed by atoms with Gasteiger partial charge in [0.05, 0.1) is 0 Å². The van der Waals surface area contributed by atoms with Crippen LogP contribution in [0.2, 0.25) is 0 Å². The highest BCUT2D eigenvalue weighted by Gasteiger charge is 2.32. The van der Waals surface area contributed by atoms with Gasteiger partial charge in [-0.1, -0.05) is 60.7 Å². The van der Waals surface area contributed by atoms with E-state index in [-0.39, 0.29) is 5.91 Å². The van der Waals surface area contributed by atoms with Crippen LogP contribution in [0.5, 0.6) is 0 Å². The first-order chi connectivity index (χ1) is 14.5. The van der Waals surface area contributed by atoms with Crippen LogP contribution in [0.25, 0.3) is 0 Å². The number of rotatable bonds is 7. The highest BCUT2D eigenvalue weighted by Crippen LogP contribution is 2.28. The lowest BCUT2D eigenvalue weighted by molar-refractivity contribution is -0.139. The summed E-state index contributed by atoms with van der Waals surface area (Å²) in [6.07, 6.45) is 0. The molecule has 0 spiro atoms. The SMILES string of the molecule is CC(=O)Nc1ccc(C(=O)N[C@H](C(=O)O)C(c2ccccc2)c2ccccc2)cc1. The summed E-state index contributed by atoms with van der Waals surface area (Å²) in [6.45, 7) is 1.39. The number of hydrogen-bond donors (Lipinski definition) is 3. The predicted octanol–water partition coefficient (Wildman–Crippen LogP) is 3.66. The average molecular weight is 402 g/mol. The fourth-order valence-electron chi connectivity index (χ4n) is 3.32. The minimum Gasteiger partial charge on any atom is -0.480 e. The Morgan fingerprint density at radius 2 is 1.27 bits per heavy atom. The molecule has 3 N–H and O–H groups in total. The van der Waals surface area contributed by atoms with E-state index < -0.39 is 23.8 Å². The maximum Gasteiger partial charge on any atom is 0.327 e. The molecule has 152 valence electrons. The van der Waals surface area contributed by atoms with E-state index in [4.69, 9.17) is 0 Å². The Balaban J connectivity index is 1.90. The van der Waals surface area contributed by atoms with Gasteiger partial charge in [-0.25, -0.2) is 4.79 Å². The van der Waals surface area contributed by atoms with Crippen LogP contribution >= 0.6 is 0 Å². The van der Waals surface area contributed by atoms with Gasteiger partial charge in [-0.3, -0.25) is 9.59 Å². The van der Waals surface area contributed by atoms with E-state index >= 15 is 0 Å². The fourth-order valence-corrected chi connectivity index (χ4v) is 3.32. The lowest BCUT2D eigenvalue weighted by Gasteiger charge is -2.26. The van der Waals surface area contributed by atoms with Crippen molar-refractivity contribution in [1.29, 1.82) is 0 Å². The van der Waals surface area contributed by atoms with Crippen molar-refractivity contribution >= 4 is 23.5 Å². The molecule has 0 aliphatic rings. The summed E-state index contributed by atoms with van der Waals surface area (Å²) in [5, 5.41) is 15.2. The summed E-state index contributed by atoms with van der Waals surface area (Å²) in [6, 6.07) is 23.6. The number of aliphatic carboxylic acids is 1. The van der Waals surface area contributed by atoms with Crippen LogP contribution in [-0.2, 0) is 9.59 Å². The molecule has 0 radical (unpaired) electrons. The number of amides is 2. The normalized spacial score (nSPS) is 11.5. The maximum atomic E-state index is 12.8. The second-order valence-electron chi connectivity index (χ2n) is 6.85. The molecule has 0 aliphatic heterocycles. The largest absolute Gasteiger partial charge is 0.480 e. The molecule has 0 heterocycles. The molecule has 2 amide bonds. The first-order valence-electron chi connectivity index (χ1n) is 9.47. The topological polar surface area (TPSA) is 95.5 Å². The third-order valence-corrected chi connectivity index (χ3v) is 4.67. The Labute approximate surface area is 174 Å². The summed E-state index contributed by atoms with van der Waals surface area (Å²) in [4.78, 5) is 36.1. The number of nitrogens with one attached hydrogen (secondary N) is 2. The average Bonchev–Trinajstić information content (AvgIpc) is 2.74. The summed E-state index contributed by atoms with van der Waals surface area (Å²) in [7, 11) is 0. The first kappa shape index (κ1) is 20.8. The van der Waals surface area contributed by atoms with E-state index in [1.165, 1.54) is 6.92 Å². The van der Waals surface area contributed by atoms with Crippen molar-refractivity contribution in [1.82, 2.24) is 5.32 Å². The van der Waals surface area contributed by atoms with E-state index in [0.29, 0.717) is 11.3 Å². The van der Waals surface area contributed by atoms with Gasteiger partial charge in [0.25, 0.3) is 5.91 Å². The van der Waals surface area contributed by atoms with Crippen molar-refractivity contribution < 1.29 is 19.5 Å². The van der Waals surface area contributed by atoms with Crippen molar-refractivity contribution in [3.63, 3.8) is 0 Å². The molecule has 3 aromatic carbocycles. The lowest BCUT2D eigenvalue weighted by Crippen LogP contribution is -2.45. The summed E-state index contributed by atoms with van der Waals surface area (Å²) in [5.74, 6) is -2.41. The highest BCUT2D eigenvalue weighted by atomic mass is 16.4. The maximum absolute atomic E-state index is 12.8. The molecule has 1 atom stereocenters. The van der Waals surface area contributed by atoms with Crippen LogP contribution < -0.4 is 10.6 Å². The minimum atomic E-state index is -1.17. The molecular formula is C24H22N2O4. The second-order valence-corrected chi connectivity index (χ2v) is 6.85. The Kier molecular flexibility index (Phi) is 6.60. The predicted molar refractivity (Wildman–Crippen MR) is 114 cm³/mol. The first-order valence-corrected chi connectivity index (χ1v) is 9.47. The van der Waals surface area contributed by atoms with E-state index in [2.05, 4.69) is 10.6 Å². The van der Waals surface area contributed by atoms with Crippen molar-refractivity contribution in [3.8, 4) is 0 Å². The standard InChI is InChI=1S/C24H22N2O4/c1-16(27)25-20-14-12-19(13-15-20)23(28)26-22(24(29)30)21(17-8-4-2-5-9-17)18-10-6-3-7-11-18/h2-15,21-22H,1H3,(H,25,27)(H,26,28)(H,29,30)/t22-/m0/s1. The molecule has 0 unspecified atom stereocenters. The Hall–Kier alpha value is -3.93. The van der Waals surface area contributed by atoms with Gasteiger partial charge >= 0.3 is 5.97 Å². The number of carbonyl (C=O) groups is 3. The highest BCUT2D eigenvalue weighted by molar-refractivity contribution is 5.97. The molecule has 0 fully saturated rings. The van der Waals surface area contributed by atoms with Gasteiger partial charge in [0.2, 0.25) is 5.91 Å². The van der Waals surface area contributed by atoms with Crippen LogP contribution in [0, 0.1) is 0 Å². The van der Waals surface area contributed by atoms with E-state index in [1.54, 1.807) is 24.3 Å². The van der Waals surface area contributed by atoms with Crippen molar-refractivity contribution in [2.45, 2.75) is 18.9 Å². The molecule has 0 aliphatic carbocycles. The van der Waals surface area contributed by atoms with Crippen molar-refractivity contribution in [2.24, 2.45) is 0 Å². The third kappa shape index (κ3) is 5.11. The van der Waals surface area contributed by atoms with Gasteiger partial charge < -0.3 is 15.7 Å². The van der Waals surface area contributed by atoms with Crippen LogP contribution in [0.3, 0.4) is 0 Å². The molecule has 0 aromatic heterocycles. The molecule has 6 nitrogen and oxygen atoms in total. The van der Waals surface area contributed by atoms with Gasteiger partial charge in [-0.15, -0.1) is 0 Å². The van der Waals surface area contributed by atoms with Crippen LogP contribution in [0.4, 0.5) is 5.69 Å². The Morgan fingerprint density at radius 3 is 1.70 bits per heavy atom. The molecule has 30 heavy (non-hydrogen) atoms. The van der Waals surface area contributed by atoms with E-state index in [9.17, 15) is 19.5 Å². The van der Waals surface area contributed by atoms with Crippen LogP contribution in [0.15, 0.2) is 84.9 Å². The molecule has 3 aromatic rings. The molecule has 0 bridgehead atoms. The van der Waals surface area contributed by atoms with Gasteiger partial charge in [0, 0.05) is 24.1 Å². The Morgan fingerprint density at radius 1 is 0.767 bits per heavy atom. The van der Waals surface area contributed by atoms with Crippen LogP contribution in [0.1, 0.15) is 34.3 Å². The zero-order chi connectivity index (χ0) is 21.5. The fraction of sp³-hybridized carbons (Fsp3) is 0.125. The second kappa shape index (κ2) is 9.52. The number of carboxylic acid groups (broad SMARTS) is 1. The smallest absolute Gasteiger partial charge is 0.327 e. The molecule has 0 saturated carbocycles. The summed E-state index contributed by atoms with van der Waals surface area (Å²) in [5.41, 5.74) is 2.44. The summed E-state index contributed by atoms with van der Waals surface area (Å²) < 4.78 is 0. The summed E-state index contributed by atoms with van der Waals surface area (Å²) >= 11 is 0. The van der Waals surface area contributed by atoms with Gasteiger partial charge in [0.1, 0.15) is 6.04 Å². The zero-order valence-electron chi connectivity index (χ0n) is 16.4. The van der Waals surface area contributed by atoms with Crippen molar-refractivity contribution in [2.75, 3.05) is 5.32 Å². The number of carboxylic acids is 1. The molecule has 6 heteroatoms. The molecular weight excluding hydrogens is 380 g/mol. The quantitative estimate of drug-likeness (QED) is 0.562. The number of hydrogen-bond acceptors (Lipinski definition) is 3. The number of benzene rings is 3. The third-order valence-electron chi connectivity index (χ3n) is 4.67. The van der Waals surface area contributed by atoms with E-state index in [0.717, 1.165) is 11.1 Å². The van der Waals surface area contributed by atoms with Gasteiger partial charge in [-0.2, -0.15) is 0 Å². The number of carbonyl (C=O) groups excluding carboxylic acids is 2. The number of anilines is 1. The van der Waals surface area contributed by atoms with Gasteiger partial charge in [-0.05, 0) is 35.4 Å². The molecule has 0 saturated heterocycles. The minimum absolute atomic E-state index is 0.216. The van der Waals surface area contributed by atoms with Crippen molar-refractivity contribution in [3.05, 3.63) is 102 Å². The molecule has 3 rings (SSSR count). The van der Waals surface area contributed by atoms with E-state index in [1.807, 2.05) is 60.7 Å². The monoisotopic (exact) mass is 402 g/mol. The lowest BCUT2D eigenvalue weighted by atomic mass is 9.85. The van der Waals surface area contributed by atoms with Crippen LogP contribution in [-0.4, -0.2) is 28.9 Å². The zero-order valence-corrected chi connectivity index (χ0v) is 16.4.